The van der Waals surface area contributed by atoms with Gasteiger partial charge in [0.05, 0.1) is 17.7 Å². The average molecular weight is 399 g/mol. The van der Waals surface area contributed by atoms with Crippen LogP contribution in [-0.2, 0) is 9.59 Å². The third kappa shape index (κ3) is 5.46. The minimum Gasteiger partial charge on any atom is -0.457 e. The van der Waals surface area contributed by atoms with Crippen LogP contribution in [0, 0.1) is 18.3 Å². The van der Waals surface area contributed by atoms with Gasteiger partial charge in [-0.1, -0.05) is 29.8 Å². The lowest BCUT2D eigenvalue weighted by Gasteiger charge is -2.14. The summed E-state index contributed by atoms with van der Waals surface area (Å²) in [5.74, 6) is -0.291. The van der Waals surface area contributed by atoms with Crippen molar-refractivity contribution in [3.05, 3.63) is 89.5 Å². The summed E-state index contributed by atoms with van der Waals surface area (Å²) in [7, 11) is 0. The highest BCUT2D eigenvalue weighted by Gasteiger charge is 2.17. The Hall–Kier alpha value is -4.11. The van der Waals surface area contributed by atoms with Crippen molar-refractivity contribution in [2.75, 3.05) is 5.32 Å². The standard InChI is InChI=1S/C24H21N3O3/c1-16-3-7-19(8-4-16)17(2)26-23(28)24(29)27-20-9-13-22(14-10-20)30-21-11-5-18(15-25)6-12-21/h3-14,17H,1-2H3,(H,26,28)(H,27,29). The van der Waals surface area contributed by atoms with E-state index in [1.165, 1.54) is 0 Å². The number of nitrogens with zero attached hydrogens (tertiary/aromatic N) is 1. The largest absolute Gasteiger partial charge is 0.457 e. The summed E-state index contributed by atoms with van der Waals surface area (Å²) in [5, 5.41) is 14.1. The molecular formula is C24H21N3O3. The number of nitrogens with one attached hydrogen (secondary N) is 2. The molecule has 0 radical (unpaired) electrons. The molecule has 1 atom stereocenters. The number of carbonyl (C=O) groups is 2. The first-order chi connectivity index (χ1) is 14.4. The molecule has 0 aliphatic rings. The van der Waals surface area contributed by atoms with E-state index in [4.69, 9.17) is 10.00 Å². The summed E-state index contributed by atoms with van der Waals surface area (Å²) >= 11 is 0. The van der Waals surface area contributed by atoms with Crippen LogP contribution in [0.2, 0.25) is 0 Å². The van der Waals surface area contributed by atoms with Crippen molar-refractivity contribution < 1.29 is 14.3 Å². The topological polar surface area (TPSA) is 91.2 Å². The molecule has 6 nitrogen and oxygen atoms in total. The second kappa shape index (κ2) is 9.39. The number of hydrogen-bond donors (Lipinski definition) is 2. The van der Waals surface area contributed by atoms with Crippen LogP contribution in [0.3, 0.4) is 0 Å². The van der Waals surface area contributed by atoms with Gasteiger partial charge in [-0.25, -0.2) is 0 Å². The number of benzene rings is 3. The molecule has 3 aromatic carbocycles. The predicted molar refractivity (Wildman–Crippen MR) is 114 cm³/mol. The predicted octanol–water partition coefficient (Wildman–Crippen LogP) is 4.47. The summed E-state index contributed by atoms with van der Waals surface area (Å²) in [4.78, 5) is 24.4. The highest BCUT2D eigenvalue weighted by molar-refractivity contribution is 6.39. The maximum Gasteiger partial charge on any atom is 0.313 e. The number of aryl methyl sites for hydroxylation is 1. The minimum absolute atomic E-state index is 0.285. The normalized spacial score (nSPS) is 11.1. The molecule has 0 saturated carbocycles. The van der Waals surface area contributed by atoms with E-state index in [0.29, 0.717) is 22.7 Å². The number of amides is 2. The van der Waals surface area contributed by atoms with Gasteiger partial charge >= 0.3 is 11.8 Å². The van der Waals surface area contributed by atoms with E-state index in [1.807, 2.05) is 44.2 Å². The molecule has 3 aromatic rings. The second-order valence-corrected chi connectivity index (χ2v) is 6.82. The summed E-state index contributed by atoms with van der Waals surface area (Å²) < 4.78 is 5.69. The fourth-order valence-corrected chi connectivity index (χ4v) is 2.73. The zero-order valence-electron chi connectivity index (χ0n) is 16.7. The molecular weight excluding hydrogens is 378 g/mol. The smallest absolute Gasteiger partial charge is 0.313 e. The van der Waals surface area contributed by atoms with Crippen molar-refractivity contribution >= 4 is 17.5 Å². The Morgan fingerprint density at radius 3 is 2.00 bits per heavy atom. The molecule has 0 heterocycles. The molecule has 2 N–H and O–H groups in total. The number of anilines is 1. The Balaban J connectivity index is 1.54. The SMILES string of the molecule is Cc1ccc(C(C)NC(=O)C(=O)Nc2ccc(Oc3ccc(C#N)cc3)cc2)cc1. The molecule has 0 bridgehead atoms. The lowest BCUT2D eigenvalue weighted by molar-refractivity contribution is -0.136. The van der Waals surface area contributed by atoms with E-state index >= 15 is 0 Å². The number of ether oxygens (including phenoxy) is 1. The molecule has 0 aromatic heterocycles. The molecule has 0 aliphatic carbocycles. The number of carbonyl (C=O) groups excluding carboxylic acids is 2. The van der Waals surface area contributed by atoms with Gasteiger partial charge < -0.3 is 15.4 Å². The van der Waals surface area contributed by atoms with E-state index < -0.39 is 11.8 Å². The number of hydrogen-bond acceptors (Lipinski definition) is 4. The Bertz CT molecular complexity index is 1070. The summed E-state index contributed by atoms with van der Waals surface area (Å²) in [6, 6.07) is 22.9. The van der Waals surface area contributed by atoms with Crippen molar-refractivity contribution in [2.45, 2.75) is 19.9 Å². The Kier molecular flexibility index (Phi) is 6.46. The van der Waals surface area contributed by atoms with Gasteiger partial charge in [0, 0.05) is 5.69 Å². The zero-order valence-corrected chi connectivity index (χ0v) is 16.7. The lowest BCUT2D eigenvalue weighted by atomic mass is 10.1. The summed E-state index contributed by atoms with van der Waals surface area (Å²) in [5.41, 5.74) is 3.08. The highest BCUT2D eigenvalue weighted by atomic mass is 16.5. The molecule has 0 saturated heterocycles. The third-order valence-electron chi connectivity index (χ3n) is 4.46. The van der Waals surface area contributed by atoms with E-state index in [1.54, 1.807) is 48.5 Å². The van der Waals surface area contributed by atoms with E-state index in [2.05, 4.69) is 10.6 Å². The van der Waals surface area contributed by atoms with Gasteiger partial charge in [0.15, 0.2) is 0 Å². The van der Waals surface area contributed by atoms with Crippen molar-refractivity contribution in [1.29, 1.82) is 5.26 Å². The van der Waals surface area contributed by atoms with Crippen LogP contribution in [0.25, 0.3) is 0 Å². The minimum atomic E-state index is -0.741. The molecule has 3 rings (SSSR count). The highest BCUT2D eigenvalue weighted by Crippen LogP contribution is 2.23. The van der Waals surface area contributed by atoms with Crippen LogP contribution in [0.15, 0.2) is 72.8 Å². The Morgan fingerprint density at radius 2 is 1.43 bits per heavy atom. The van der Waals surface area contributed by atoms with Crippen LogP contribution in [0.5, 0.6) is 11.5 Å². The molecule has 2 amide bonds. The maximum absolute atomic E-state index is 12.2. The Morgan fingerprint density at radius 1 is 0.867 bits per heavy atom. The molecule has 0 fully saturated rings. The van der Waals surface area contributed by atoms with Gasteiger partial charge in [0.1, 0.15) is 11.5 Å². The van der Waals surface area contributed by atoms with Crippen molar-refractivity contribution in [1.82, 2.24) is 5.32 Å². The van der Waals surface area contributed by atoms with Gasteiger partial charge in [-0.15, -0.1) is 0 Å². The maximum atomic E-state index is 12.2. The van der Waals surface area contributed by atoms with E-state index in [-0.39, 0.29) is 6.04 Å². The second-order valence-electron chi connectivity index (χ2n) is 6.82. The zero-order chi connectivity index (χ0) is 21.5. The number of nitriles is 1. The first-order valence-corrected chi connectivity index (χ1v) is 9.41. The van der Waals surface area contributed by atoms with Gasteiger partial charge in [0.2, 0.25) is 0 Å². The summed E-state index contributed by atoms with van der Waals surface area (Å²) in [6.45, 7) is 3.81. The van der Waals surface area contributed by atoms with Crippen LogP contribution >= 0.6 is 0 Å². The monoisotopic (exact) mass is 399 g/mol. The molecule has 30 heavy (non-hydrogen) atoms. The Labute approximate surface area is 175 Å². The average Bonchev–Trinajstić information content (AvgIpc) is 2.76. The lowest BCUT2D eigenvalue weighted by Crippen LogP contribution is -2.36. The van der Waals surface area contributed by atoms with E-state index in [0.717, 1.165) is 11.1 Å². The van der Waals surface area contributed by atoms with Crippen molar-refractivity contribution in [3.63, 3.8) is 0 Å². The van der Waals surface area contributed by atoms with E-state index in [9.17, 15) is 9.59 Å². The van der Waals surface area contributed by atoms with Crippen molar-refractivity contribution in [2.24, 2.45) is 0 Å². The first kappa shape index (κ1) is 20.6. The fraction of sp³-hybridized carbons (Fsp3) is 0.125. The molecule has 0 spiro atoms. The fourth-order valence-electron chi connectivity index (χ4n) is 2.73. The van der Waals surface area contributed by atoms with Crippen LogP contribution < -0.4 is 15.4 Å². The van der Waals surface area contributed by atoms with Gasteiger partial charge in [-0.05, 0) is 67.9 Å². The number of rotatable bonds is 5. The van der Waals surface area contributed by atoms with Crippen molar-refractivity contribution in [3.8, 4) is 17.6 Å². The van der Waals surface area contributed by atoms with Gasteiger partial charge in [-0.2, -0.15) is 5.26 Å². The van der Waals surface area contributed by atoms with Crippen LogP contribution in [0.4, 0.5) is 5.69 Å². The quantitative estimate of drug-likeness (QED) is 0.619. The molecule has 1 unspecified atom stereocenters. The molecule has 150 valence electrons. The van der Waals surface area contributed by atoms with Crippen LogP contribution in [-0.4, -0.2) is 11.8 Å². The molecule has 0 aliphatic heterocycles. The molecule has 6 heteroatoms. The third-order valence-corrected chi connectivity index (χ3v) is 4.46. The van der Waals surface area contributed by atoms with Gasteiger partial charge in [0.25, 0.3) is 0 Å². The summed E-state index contributed by atoms with van der Waals surface area (Å²) in [6.07, 6.45) is 0. The van der Waals surface area contributed by atoms with Crippen LogP contribution in [0.1, 0.15) is 29.7 Å². The van der Waals surface area contributed by atoms with Gasteiger partial charge in [-0.3, -0.25) is 9.59 Å². The first-order valence-electron chi connectivity index (χ1n) is 9.41.